The van der Waals surface area contributed by atoms with Gasteiger partial charge in [0.2, 0.25) is 0 Å². The maximum absolute atomic E-state index is 13.1. The molecule has 32 heavy (non-hydrogen) atoms. The summed E-state index contributed by atoms with van der Waals surface area (Å²) in [6.45, 7) is 1.01. The van der Waals surface area contributed by atoms with Crippen LogP contribution in [0.25, 0.3) is 0 Å². The number of benzene rings is 3. The quantitative estimate of drug-likeness (QED) is 0.548. The molecule has 0 aliphatic carbocycles. The number of hydrogen-bond donors (Lipinski definition) is 2. The second-order valence-electron chi connectivity index (χ2n) is 7.50. The molecular weight excluding hydrogens is 453 g/mol. The van der Waals surface area contributed by atoms with Crippen molar-refractivity contribution in [2.45, 2.75) is 17.4 Å². The predicted molar refractivity (Wildman–Crippen MR) is 123 cm³/mol. The fraction of sp³-hybridized carbons (Fsp3) is 0.174. The van der Waals surface area contributed by atoms with E-state index in [0.29, 0.717) is 13.1 Å². The molecule has 3 aromatic carbocycles. The van der Waals surface area contributed by atoms with Crippen molar-refractivity contribution in [3.05, 3.63) is 89.2 Å². The van der Waals surface area contributed by atoms with Crippen LogP contribution in [0.1, 0.15) is 16.8 Å². The van der Waals surface area contributed by atoms with E-state index in [0.717, 1.165) is 24.2 Å². The van der Waals surface area contributed by atoms with Crippen molar-refractivity contribution in [1.29, 1.82) is 0 Å². The van der Waals surface area contributed by atoms with Crippen LogP contribution in [0.4, 0.5) is 15.8 Å². The number of likely N-dealkylation sites (tertiary alicyclic amines) is 1. The van der Waals surface area contributed by atoms with Crippen molar-refractivity contribution in [3.63, 3.8) is 0 Å². The standard InChI is InChI=1S/C23H21ClFN3O3S/c24-22-11-10-20(32(30,31)27-18-8-6-16(25)7-9-18)14-21(22)23(29)28-13-12-19(15-28)26-17-4-2-1-3-5-17/h1-11,14,19,26-27H,12-13,15H2. The summed E-state index contributed by atoms with van der Waals surface area (Å²) in [5, 5.41) is 3.58. The third-order valence-electron chi connectivity index (χ3n) is 5.20. The number of sulfonamides is 1. The fourth-order valence-corrected chi connectivity index (χ4v) is 4.85. The Bertz CT molecular complexity index is 1220. The van der Waals surface area contributed by atoms with Gasteiger partial charge in [-0.25, -0.2) is 12.8 Å². The van der Waals surface area contributed by atoms with Crippen molar-refractivity contribution < 1.29 is 17.6 Å². The summed E-state index contributed by atoms with van der Waals surface area (Å²) >= 11 is 6.24. The minimum atomic E-state index is -3.99. The Morgan fingerprint density at radius 1 is 1.00 bits per heavy atom. The number of nitrogens with one attached hydrogen (secondary N) is 2. The summed E-state index contributed by atoms with van der Waals surface area (Å²) in [7, 11) is -3.99. The molecule has 1 fully saturated rings. The van der Waals surface area contributed by atoms with Gasteiger partial charge in [0.1, 0.15) is 5.82 Å². The fourth-order valence-electron chi connectivity index (χ4n) is 3.57. The Kier molecular flexibility index (Phi) is 6.34. The number of carbonyl (C=O) groups excluding carboxylic acids is 1. The lowest BCUT2D eigenvalue weighted by Crippen LogP contribution is -2.32. The number of anilines is 2. The first-order valence-electron chi connectivity index (χ1n) is 10.0. The maximum Gasteiger partial charge on any atom is 0.261 e. The molecule has 1 heterocycles. The van der Waals surface area contributed by atoms with Gasteiger partial charge in [0.25, 0.3) is 15.9 Å². The molecule has 2 N–H and O–H groups in total. The van der Waals surface area contributed by atoms with Crippen molar-refractivity contribution in [2.75, 3.05) is 23.1 Å². The summed E-state index contributed by atoms with van der Waals surface area (Å²) in [6, 6.07) is 18.8. The lowest BCUT2D eigenvalue weighted by Gasteiger charge is -2.19. The molecule has 0 aromatic heterocycles. The van der Waals surface area contributed by atoms with Gasteiger partial charge in [-0.2, -0.15) is 0 Å². The number of amides is 1. The monoisotopic (exact) mass is 473 g/mol. The normalized spacial score (nSPS) is 16.1. The average molecular weight is 474 g/mol. The van der Waals surface area contributed by atoms with Gasteiger partial charge in [-0.05, 0) is 61.0 Å². The number of rotatable bonds is 6. The van der Waals surface area contributed by atoms with Crippen LogP contribution in [0, 0.1) is 5.82 Å². The highest BCUT2D eigenvalue weighted by molar-refractivity contribution is 7.92. The molecular formula is C23H21ClFN3O3S. The smallest absolute Gasteiger partial charge is 0.261 e. The van der Waals surface area contributed by atoms with Gasteiger partial charge in [0.15, 0.2) is 0 Å². The Morgan fingerprint density at radius 3 is 2.44 bits per heavy atom. The number of para-hydroxylation sites is 1. The maximum atomic E-state index is 13.1. The van der Waals surface area contributed by atoms with Gasteiger partial charge in [-0.15, -0.1) is 0 Å². The molecule has 1 unspecified atom stereocenters. The molecule has 0 saturated carbocycles. The van der Waals surface area contributed by atoms with Crippen LogP contribution < -0.4 is 10.0 Å². The van der Waals surface area contributed by atoms with Crippen molar-refractivity contribution >= 4 is 38.9 Å². The van der Waals surface area contributed by atoms with E-state index in [-0.39, 0.29) is 33.1 Å². The van der Waals surface area contributed by atoms with E-state index in [1.54, 1.807) is 4.90 Å². The van der Waals surface area contributed by atoms with Crippen LogP contribution in [-0.4, -0.2) is 38.4 Å². The number of halogens is 2. The third-order valence-corrected chi connectivity index (χ3v) is 6.90. The Hall–Kier alpha value is -3.10. The van der Waals surface area contributed by atoms with Gasteiger partial charge in [-0.1, -0.05) is 29.8 Å². The second kappa shape index (κ2) is 9.18. The van der Waals surface area contributed by atoms with Gasteiger partial charge in [-0.3, -0.25) is 9.52 Å². The molecule has 1 saturated heterocycles. The summed E-state index contributed by atoms with van der Waals surface area (Å²) in [5.41, 5.74) is 1.31. The molecule has 1 amide bonds. The van der Waals surface area contributed by atoms with Gasteiger partial charge < -0.3 is 10.2 Å². The first-order chi connectivity index (χ1) is 15.3. The minimum Gasteiger partial charge on any atom is -0.380 e. The number of carbonyl (C=O) groups is 1. The molecule has 4 rings (SSSR count). The molecule has 1 aliphatic rings. The van der Waals surface area contributed by atoms with Crippen LogP contribution in [0.15, 0.2) is 77.7 Å². The van der Waals surface area contributed by atoms with E-state index in [4.69, 9.17) is 11.6 Å². The van der Waals surface area contributed by atoms with Gasteiger partial charge in [0.05, 0.1) is 15.5 Å². The van der Waals surface area contributed by atoms with Crippen LogP contribution in [0.3, 0.4) is 0 Å². The first kappa shape index (κ1) is 22.1. The minimum absolute atomic E-state index is 0.0900. The zero-order valence-electron chi connectivity index (χ0n) is 17.0. The van der Waals surface area contributed by atoms with Gasteiger partial charge in [0, 0.05) is 30.5 Å². The van der Waals surface area contributed by atoms with Crippen LogP contribution >= 0.6 is 11.6 Å². The van der Waals surface area contributed by atoms with Crippen LogP contribution in [-0.2, 0) is 10.0 Å². The molecule has 9 heteroatoms. The van der Waals surface area contributed by atoms with Crippen LogP contribution in [0.5, 0.6) is 0 Å². The highest BCUT2D eigenvalue weighted by Gasteiger charge is 2.29. The third kappa shape index (κ3) is 5.03. The molecule has 0 radical (unpaired) electrons. The predicted octanol–water partition coefficient (Wildman–Crippen LogP) is 4.61. The van der Waals surface area contributed by atoms with E-state index in [2.05, 4.69) is 10.0 Å². The molecule has 0 bridgehead atoms. The Labute approximate surface area is 191 Å². The molecule has 1 atom stereocenters. The van der Waals surface area contributed by atoms with Crippen molar-refractivity contribution in [1.82, 2.24) is 4.90 Å². The highest BCUT2D eigenvalue weighted by Crippen LogP contribution is 2.26. The summed E-state index contributed by atoms with van der Waals surface area (Å²) < 4.78 is 41.0. The number of nitrogens with zero attached hydrogens (tertiary/aromatic N) is 1. The molecule has 6 nitrogen and oxygen atoms in total. The molecule has 166 valence electrons. The van der Waals surface area contributed by atoms with Gasteiger partial charge >= 0.3 is 0 Å². The Morgan fingerprint density at radius 2 is 1.72 bits per heavy atom. The summed E-state index contributed by atoms with van der Waals surface area (Å²) in [4.78, 5) is 14.7. The lowest BCUT2D eigenvalue weighted by molar-refractivity contribution is 0.0791. The molecule has 3 aromatic rings. The molecule has 0 spiro atoms. The SMILES string of the molecule is O=C(c1cc(S(=O)(=O)Nc2ccc(F)cc2)ccc1Cl)N1CCC(Nc2ccccc2)C1. The zero-order chi connectivity index (χ0) is 22.7. The second-order valence-corrected chi connectivity index (χ2v) is 9.59. The van der Waals surface area contributed by atoms with E-state index in [1.165, 1.54) is 30.3 Å². The van der Waals surface area contributed by atoms with E-state index in [1.807, 2.05) is 30.3 Å². The van der Waals surface area contributed by atoms with E-state index >= 15 is 0 Å². The first-order valence-corrected chi connectivity index (χ1v) is 11.9. The largest absolute Gasteiger partial charge is 0.380 e. The van der Waals surface area contributed by atoms with Crippen molar-refractivity contribution in [2.24, 2.45) is 0 Å². The topological polar surface area (TPSA) is 78.5 Å². The summed E-state index contributed by atoms with van der Waals surface area (Å²) in [6.07, 6.45) is 0.766. The molecule has 1 aliphatic heterocycles. The highest BCUT2D eigenvalue weighted by atomic mass is 35.5. The van der Waals surface area contributed by atoms with E-state index < -0.39 is 15.8 Å². The lowest BCUT2D eigenvalue weighted by atomic mass is 10.2. The average Bonchev–Trinajstić information content (AvgIpc) is 3.24. The Balaban J connectivity index is 1.49. The summed E-state index contributed by atoms with van der Waals surface area (Å²) in [5.74, 6) is -0.802. The number of hydrogen-bond acceptors (Lipinski definition) is 4. The zero-order valence-corrected chi connectivity index (χ0v) is 18.5. The van der Waals surface area contributed by atoms with E-state index in [9.17, 15) is 17.6 Å². The van der Waals surface area contributed by atoms with Crippen molar-refractivity contribution in [3.8, 4) is 0 Å². The van der Waals surface area contributed by atoms with Crippen LogP contribution in [0.2, 0.25) is 5.02 Å².